The van der Waals surface area contributed by atoms with Gasteiger partial charge in [-0.25, -0.2) is 14.2 Å². The molecule has 0 bridgehead atoms. The molecule has 1 saturated heterocycles. The summed E-state index contributed by atoms with van der Waals surface area (Å²) in [5.41, 5.74) is 7.24. The monoisotopic (exact) mass is 1100 g/mol. The lowest BCUT2D eigenvalue weighted by Gasteiger charge is -2.55. The fraction of sp³-hybridized carbons (Fsp3) is 0.554. The minimum Gasteiger partial charge on any atom is -0.458 e. The molecule has 7 atom stereocenters. The predicted molar refractivity (Wildman–Crippen MR) is 305 cm³/mol. The number of anilines is 1. The third kappa shape index (κ3) is 9.20. The van der Waals surface area contributed by atoms with E-state index >= 15 is 4.39 Å². The fourth-order valence-electron chi connectivity index (χ4n) is 16.5. The summed E-state index contributed by atoms with van der Waals surface area (Å²) in [5, 5.41) is 15.6. The largest absolute Gasteiger partial charge is 0.458 e. The van der Waals surface area contributed by atoms with Gasteiger partial charge in [-0.1, -0.05) is 44.4 Å². The number of ether oxygens (including phenoxy) is 2. The van der Waals surface area contributed by atoms with Crippen LogP contribution in [0.4, 0.5) is 10.1 Å². The normalized spacial score (nSPS) is 27.6. The smallest absolute Gasteiger partial charge is 0.343 e. The topological polar surface area (TPSA) is 181 Å². The summed E-state index contributed by atoms with van der Waals surface area (Å²) in [6.45, 7) is 14.1. The van der Waals surface area contributed by atoms with Crippen LogP contribution in [0.1, 0.15) is 162 Å². The first kappa shape index (κ1) is 55.2. The van der Waals surface area contributed by atoms with Crippen molar-refractivity contribution >= 4 is 46.0 Å². The van der Waals surface area contributed by atoms with E-state index in [9.17, 15) is 33.9 Å². The number of carbonyl (C=O) groups is 5. The van der Waals surface area contributed by atoms with Crippen molar-refractivity contribution in [2.45, 2.75) is 161 Å². The van der Waals surface area contributed by atoms with Crippen LogP contribution in [0.15, 0.2) is 64.0 Å². The van der Waals surface area contributed by atoms with Gasteiger partial charge in [-0.3, -0.25) is 28.9 Å². The van der Waals surface area contributed by atoms with Crippen LogP contribution < -0.4 is 15.8 Å². The summed E-state index contributed by atoms with van der Waals surface area (Å²) in [5.74, 6) is -0.963. The van der Waals surface area contributed by atoms with Crippen LogP contribution in [0.3, 0.4) is 0 Å². The minimum absolute atomic E-state index is 0.0199. The Bertz CT molecular complexity index is 3430. The van der Waals surface area contributed by atoms with E-state index in [2.05, 4.69) is 58.3 Å². The average Bonchev–Trinajstić information content (AvgIpc) is 3.31. The molecule has 3 fully saturated rings. The third-order valence-corrected chi connectivity index (χ3v) is 20.7. The molecule has 0 unspecified atom stereocenters. The Morgan fingerprint density at radius 3 is 2.42 bits per heavy atom. The lowest BCUT2D eigenvalue weighted by molar-refractivity contribution is -0.182. The SMILES string of the molecule is CC[C@@]1(O)C(=O)OCc2c1cc1n(c2=O)Cc2c-1nc1cc(F)c(C)c3c1c2[C@@H](NC(=O)CN1CCN(CCCCCCN(C)c2ccc([C@H]4C[C@@]5(C)[C@@H](CC[C@]5(OC(C)=O)C(C)=O)[C@@H]5CCC6=CC(=O)CCC6=C54)cc2)CC1)CC3. The highest BCUT2D eigenvalue weighted by Gasteiger charge is 2.67. The van der Waals surface area contributed by atoms with Crippen LogP contribution in [0.2, 0.25) is 0 Å². The molecule has 16 heteroatoms. The molecule has 1 amide bonds. The maximum absolute atomic E-state index is 15.5. The molecule has 2 saturated carbocycles. The van der Waals surface area contributed by atoms with Crippen molar-refractivity contribution in [3.63, 3.8) is 0 Å². The van der Waals surface area contributed by atoms with Crippen molar-refractivity contribution in [2.24, 2.45) is 17.3 Å². The van der Waals surface area contributed by atoms with Crippen LogP contribution >= 0.6 is 0 Å². The van der Waals surface area contributed by atoms with Crippen molar-refractivity contribution in [3.8, 4) is 11.4 Å². The summed E-state index contributed by atoms with van der Waals surface area (Å²) in [4.78, 5) is 91.7. The third-order valence-electron chi connectivity index (χ3n) is 20.7. The maximum Gasteiger partial charge on any atom is 0.343 e. The Balaban J connectivity index is 0.637. The molecular formula is C65H77FN6O9. The number of rotatable bonds is 15. The van der Waals surface area contributed by atoms with Crippen LogP contribution in [0.25, 0.3) is 22.3 Å². The number of cyclic esters (lactones) is 1. The molecule has 12 rings (SSSR count). The summed E-state index contributed by atoms with van der Waals surface area (Å²) < 4.78 is 28.5. The van der Waals surface area contributed by atoms with E-state index in [1.54, 1.807) is 31.4 Å². The van der Waals surface area contributed by atoms with Gasteiger partial charge in [-0.05, 0) is 161 Å². The zero-order valence-corrected chi connectivity index (χ0v) is 47.9. The maximum atomic E-state index is 15.5. The molecule has 428 valence electrons. The number of pyridine rings is 2. The number of piperazine rings is 1. The van der Waals surface area contributed by atoms with Gasteiger partial charge < -0.3 is 34.3 Å². The summed E-state index contributed by atoms with van der Waals surface area (Å²) >= 11 is 0. The number of nitrogens with one attached hydrogen (secondary N) is 1. The van der Waals surface area contributed by atoms with Crippen molar-refractivity contribution in [2.75, 3.05) is 57.8 Å². The Kier molecular flexibility index (Phi) is 14.4. The number of aryl methyl sites for hydroxylation is 1. The number of esters is 2. The Morgan fingerprint density at radius 2 is 1.68 bits per heavy atom. The molecule has 4 aromatic rings. The number of hydrogen-bond acceptors (Lipinski definition) is 13. The first-order chi connectivity index (χ1) is 38.8. The van der Waals surface area contributed by atoms with Gasteiger partial charge in [0.15, 0.2) is 22.8 Å². The first-order valence-electron chi connectivity index (χ1n) is 29.9. The van der Waals surface area contributed by atoms with Gasteiger partial charge in [0.2, 0.25) is 5.91 Å². The number of nitrogens with zero attached hydrogens (tertiary/aromatic N) is 5. The number of allylic oxidation sites excluding steroid dienone is 4. The molecule has 2 aromatic heterocycles. The molecule has 3 aliphatic heterocycles. The lowest BCUT2D eigenvalue weighted by Crippen LogP contribution is -2.57. The summed E-state index contributed by atoms with van der Waals surface area (Å²) in [7, 11) is 2.16. The van der Waals surface area contributed by atoms with E-state index in [0.717, 1.165) is 118 Å². The number of aliphatic hydroxyl groups is 1. The van der Waals surface area contributed by atoms with Crippen molar-refractivity contribution in [1.82, 2.24) is 24.7 Å². The first-order valence-corrected chi connectivity index (χ1v) is 29.9. The van der Waals surface area contributed by atoms with Gasteiger partial charge in [-0.2, -0.15) is 0 Å². The van der Waals surface area contributed by atoms with Crippen molar-refractivity contribution in [3.05, 3.63) is 114 Å². The highest BCUT2D eigenvalue weighted by Crippen LogP contribution is 2.68. The molecule has 2 aromatic carbocycles. The Hall–Kier alpha value is -6.36. The van der Waals surface area contributed by atoms with Gasteiger partial charge >= 0.3 is 11.9 Å². The van der Waals surface area contributed by atoms with Crippen LogP contribution in [0.5, 0.6) is 0 Å². The van der Waals surface area contributed by atoms with E-state index in [1.807, 2.05) is 6.08 Å². The van der Waals surface area contributed by atoms with E-state index < -0.39 is 34.6 Å². The average molecular weight is 1110 g/mol. The Labute approximate surface area is 473 Å². The molecular weight excluding hydrogens is 1030 g/mol. The molecule has 2 N–H and O–H groups in total. The van der Waals surface area contributed by atoms with Crippen LogP contribution in [-0.4, -0.2) is 112 Å². The van der Waals surface area contributed by atoms with Gasteiger partial charge in [0, 0.05) is 92.7 Å². The zero-order chi connectivity index (χ0) is 56.9. The number of amides is 1. The number of benzene rings is 2. The fourth-order valence-corrected chi connectivity index (χ4v) is 16.5. The number of aromatic nitrogens is 2. The zero-order valence-electron chi connectivity index (χ0n) is 47.9. The molecule has 81 heavy (non-hydrogen) atoms. The van der Waals surface area contributed by atoms with Gasteiger partial charge in [0.05, 0.1) is 41.6 Å². The molecule has 15 nitrogen and oxygen atoms in total. The molecule has 5 aliphatic carbocycles. The standard InChI is InChI=1S/C65H77FN6O9/c1-7-64(79)51-31-55-60-48(34-72(55)61(77)49(51)36-80-62(64)78)59-53(21-20-44-37(2)52(66)32-54(68-60)58(44)59)67-56(76)35-71-28-26-70(27-29-71)25-11-9-8-10-24-69(6)42-15-12-40(13-16-42)47-33-63(5)50(22-23-65(63,38(3)73)81-39(4)74)46-18-14-41-30-43(75)17-19-45(41)57(46)47/h12-13,15-16,30-32,46-47,50,53,79H,7-11,14,17-29,33-36H2,1-6H3,(H,67,76)/t46-,47+,50-,53-,63-,64-,65-/m0/s1. The summed E-state index contributed by atoms with van der Waals surface area (Å²) in [6.07, 6.45) is 12.7. The second-order valence-corrected chi connectivity index (χ2v) is 25.0. The number of unbranched alkanes of at least 4 members (excludes halogenated alkanes) is 3. The van der Waals surface area contributed by atoms with Crippen LogP contribution in [0, 0.1) is 30.0 Å². The van der Waals surface area contributed by atoms with Gasteiger partial charge in [-0.15, -0.1) is 0 Å². The molecule has 0 spiro atoms. The van der Waals surface area contributed by atoms with E-state index in [4.69, 9.17) is 14.5 Å². The van der Waals surface area contributed by atoms with E-state index in [-0.39, 0.29) is 83.8 Å². The number of ketones is 2. The van der Waals surface area contributed by atoms with E-state index in [0.29, 0.717) is 54.6 Å². The second kappa shape index (κ2) is 21.1. The predicted octanol–water partition coefficient (Wildman–Crippen LogP) is 8.74. The highest BCUT2D eigenvalue weighted by molar-refractivity contribution is 5.95. The van der Waals surface area contributed by atoms with Gasteiger partial charge in [0.25, 0.3) is 5.56 Å². The number of fused-ring (bicyclic) bond motifs is 9. The summed E-state index contributed by atoms with van der Waals surface area (Å²) in [6, 6.07) is 11.7. The number of carbonyl (C=O) groups excluding carboxylic acids is 5. The molecule has 5 heterocycles. The molecule has 0 radical (unpaired) electrons. The second-order valence-electron chi connectivity index (χ2n) is 25.0. The quantitative estimate of drug-likeness (QED) is 0.0751. The minimum atomic E-state index is -1.98. The van der Waals surface area contributed by atoms with Gasteiger partial charge in [0.1, 0.15) is 12.4 Å². The number of hydrogen-bond donors (Lipinski definition) is 2. The lowest BCUT2D eigenvalue weighted by atomic mass is 9.50. The molecule has 8 aliphatic rings. The van der Waals surface area contributed by atoms with E-state index in [1.165, 1.54) is 35.3 Å². The number of halogens is 1. The van der Waals surface area contributed by atoms with Crippen molar-refractivity contribution < 1.29 is 42.9 Å². The van der Waals surface area contributed by atoms with Crippen LogP contribution in [-0.2, 0) is 58.6 Å². The Morgan fingerprint density at radius 1 is 0.926 bits per heavy atom. The number of Topliss-reactive ketones (excluding diaryl/α,β-unsaturated/α-hetero) is 1. The van der Waals surface area contributed by atoms with Crippen molar-refractivity contribution in [1.29, 1.82) is 0 Å². The highest BCUT2D eigenvalue weighted by atomic mass is 19.1.